The lowest BCUT2D eigenvalue weighted by atomic mass is 10.1. The molecule has 3 N–H and O–H groups in total. The molecule has 0 aliphatic heterocycles. The van der Waals surface area contributed by atoms with E-state index in [4.69, 9.17) is 15.2 Å². The fourth-order valence-electron chi connectivity index (χ4n) is 2.30. The molecule has 27 heavy (non-hydrogen) atoms. The molecule has 0 spiro atoms. The number of aliphatic imine (C=N–C) groups is 1. The van der Waals surface area contributed by atoms with E-state index in [9.17, 15) is 13.2 Å². The van der Waals surface area contributed by atoms with E-state index in [2.05, 4.69) is 10.3 Å². The first-order valence-electron chi connectivity index (χ1n) is 8.31. The van der Waals surface area contributed by atoms with Crippen molar-refractivity contribution in [2.45, 2.75) is 19.1 Å². The van der Waals surface area contributed by atoms with E-state index < -0.39 is 12.8 Å². The van der Waals surface area contributed by atoms with Gasteiger partial charge in [0.2, 0.25) is 0 Å². The SMILES string of the molecule is COc1cc(CN=C(N)NCCc2ccccc2)ccc1OCC(F)(F)F. The van der Waals surface area contributed by atoms with E-state index in [-0.39, 0.29) is 18.0 Å². The summed E-state index contributed by atoms with van der Waals surface area (Å²) in [7, 11) is 1.36. The summed E-state index contributed by atoms with van der Waals surface area (Å²) in [6, 6.07) is 14.6. The number of benzene rings is 2. The van der Waals surface area contributed by atoms with E-state index in [0.717, 1.165) is 12.0 Å². The van der Waals surface area contributed by atoms with Crippen molar-refractivity contribution in [3.63, 3.8) is 0 Å². The predicted octanol–water partition coefficient (Wildman–Crippen LogP) is 3.28. The highest BCUT2D eigenvalue weighted by molar-refractivity contribution is 5.77. The quantitative estimate of drug-likeness (QED) is 0.544. The number of halogens is 3. The average molecular weight is 381 g/mol. The molecule has 2 rings (SSSR count). The Morgan fingerprint density at radius 1 is 1.07 bits per heavy atom. The van der Waals surface area contributed by atoms with E-state index in [1.807, 2.05) is 30.3 Å². The fourth-order valence-corrected chi connectivity index (χ4v) is 2.30. The molecule has 0 saturated carbocycles. The Bertz CT molecular complexity index is 750. The van der Waals surface area contributed by atoms with Crippen LogP contribution in [-0.4, -0.2) is 32.4 Å². The molecule has 0 bridgehead atoms. The molecule has 0 saturated heterocycles. The normalized spacial score (nSPS) is 11.9. The van der Waals surface area contributed by atoms with Crippen LogP contribution in [0.4, 0.5) is 13.2 Å². The van der Waals surface area contributed by atoms with Crippen molar-refractivity contribution in [1.29, 1.82) is 0 Å². The summed E-state index contributed by atoms with van der Waals surface area (Å²) in [5, 5.41) is 3.03. The maximum atomic E-state index is 12.3. The van der Waals surface area contributed by atoms with Crippen LogP contribution in [0.25, 0.3) is 0 Å². The van der Waals surface area contributed by atoms with Crippen molar-refractivity contribution in [2.24, 2.45) is 10.7 Å². The molecular weight excluding hydrogens is 359 g/mol. The average Bonchev–Trinajstić information content (AvgIpc) is 2.65. The first-order chi connectivity index (χ1) is 12.9. The van der Waals surface area contributed by atoms with Crippen molar-refractivity contribution in [3.8, 4) is 11.5 Å². The van der Waals surface area contributed by atoms with Crippen molar-refractivity contribution in [3.05, 3.63) is 59.7 Å². The fraction of sp³-hybridized carbons (Fsp3) is 0.316. The van der Waals surface area contributed by atoms with Crippen LogP contribution < -0.4 is 20.5 Å². The van der Waals surface area contributed by atoms with Gasteiger partial charge in [0.05, 0.1) is 13.7 Å². The molecule has 0 aromatic heterocycles. The van der Waals surface area contributed by atoms with Gasteiger partial charge in [-0.05, 0) is 29.7 Å². The maximum Gasteiger partial charge on any atom is 0.422 e. The number of ether oxygens (including phenoxy) is 2. The highest BCUT2D eigenvalue weighted by Crippen LogP contribution is 2.30. The number of rotatable bonds is 8. The largest absolute Gasteiger partial charge is 0.493 e. The summed E-state index contributed by atoms with van der Waals surface area (Å²) in [4.78, 5) is 4.22. The van der Waals surface area contributed by atoms with E-state index >= 15 is 0 Å². The standard InChI is InChI=1S/C19H22F3N3O2/c1-26-17-11-15(7-8-16(17)27-13-19(20,21)22)12-25-18(23)24-10-9-14-5-3-2-4-6-14/h2-8,11H,9-10,12-13H2,1H3,(H3,23,24,25). The first kappa shape index (κ1) is 20.4. The van der Waals surface area contributed by atoms with Crippen LogP contribution in [-0.2, 0) is 13.0 Å². The third kappa shape index (κ3) is 7.47. The number of nitrogens with two attached hydrogens (primary N) is 1. The van der Waals surface area contributed by atoms with Crippen LogP contribution in [0.3, 0.4) is 0 Å². The van der Waals surface area contributed by atoms with Crippen molar-refractivity contribution in [2.75, 3.05) is 20.3 Å². The molecule has 0 aliphatic rings. The zero-order chi connectivity index (χ0) is 19.7. The van der Waals surface area contributed by atoms with Gasteiger partial charge in [0, 0.05) is 6.54 Å². The van der Waals surface area contributed by atoms with Crippen molar-refractivity contribution < 1.29 is 22.6 Å². The van der Waals surface area contributed by atoms with Gasteiger partial charge in [-0.3, -0.25) is 0 Å². The first-order valence-corrected chi connectivity index (χ1v) is 8.31. The number of hydrogen-bond acceptors (Lipinski definition) is 3. The highest BCUT2D eigenvalue weighted by Gasteiger charge is 2.29. The number of alkyl halides is 3. The smallest absolute Gasteiger partial charge is 0.422 e. The second kappa shape index (κ2) is 9.70. The second-order valence-electron chi connectivity index (χ2n) is 5.75. The molecule has 0 atom stereocenters. The summed E-state index contributed by atoms with van der Waals surface area (Å²) in [6.07, 6.45) is -3.59. The Labute approximate surface area is 156 Å². The minimum absolute atomic E-state index is 0.0245. The molecule has 2 aromatic carbocycles. The van der Waals surface area contributed by atoms with Crippen LogP contribution in [0.15, 0.2) is 53.5 Å². The van der Waals surface area contributed by atoms with E-state index in [1.54, 1.807) is 12.1 Å². The minimum atomic E-state index is -4.41. The van der Waals surface area contributed by atoms with Gasteiger partial charge in [-0.15, -0.1) is 0 Å². The van der Waals surface area contributed by atoms with Gasteiger partial charge in [0.1, 0.15) is 0 Å². The van der Waals surface area contributed by atoms with E-state index in [1.165, 1.54) is 18.7 Å². The molecule has 0 amide bonds. The second-order valence-corrected chi connectivity index (χ2v) is 5.75. The van der Waals surface area contributed by atoms with Gasteiger partial charge in [0.25, 0.3) is 0 Å². The predicted molar refractivity (Wildman–Crippen MR) is 98.0 cm³/mol. The van der Waals surface area contributed by atoms with E-state index in [0.29, 0.717) is 12.5 Å². The topological polar surface area (TPSA) is 68.9 Å². The zero-order valence-corrected chi connectivity index (χ0v) is 14.9. The number of hydrogen-bond donors (Lipinski definition) is 2. The molecule has 0 aliphatic carbocycles. The Kier molecular flexibility index (Phi) is 7.34. The van der Waals surface area contributed by atoms with Crippen molar-refractivity contribution >= 4 is 5.96 Å². The monoisotopic (exact) mass is 381 g/mol. The molecule has 8 heteroatoms. The Balaban J connectivity index is 1.87. The summed E-state index contributed by atoms with van der Waals surface area (Å²) in [6.45, 7) is -0.466. The van der Waals surface area contributed by atoms with Crippen LogP contribution >= 0.6 is 0 Å². The number of guanidine groups is 1. The molecule has 0 fully saturated rings. The van der Waals surface area contributed by atoms with Gasteiger partial charge in [-0.2, -0.15) is 13.2 Å². The van der Waals surface area contributed by atoms with Gasteiger partial charge in [-0.1, -0.05) is 36.4 Å². The molecule has 2 aromatic rings. The van der Waals surface area contributed by atoms with Gasteiger partial charge < -0.3 is 20.5 Å². The summed E-state index contributed by atoms with van der Waals surface area (Å²) in [5.74, 6) is 0.529. The Hall–Kier alpha value is -2.90. The molecule has 146 valence electrons. The van der Waals surface area contributed by atoms with Crippen LogP contribution in [0, 0.1) is 0 Å². The summed E-state index contributed by atoms with van der Waals surface area (Å²) < 4.78 is 46.6. The number of nitrogens with zero attached hydrogens (tertiary/aromatic N) is 1. The minimum Gasteiger partial charge on any atom is -0.493 e. The molecule has 5 nitrogen and oxygen atoms in total. The van der Waals surface area contributed by atoms with Gasteiger partial charge in [-0.25, -0.2) is 4.99 Å². The number of nitrogens with one attached hydrogen (secondary N) is 1. The van der Waals surface area contributed by atoms with Crippen molar-refractivity contribution in [1.82, 2.24) is 5.32 Å². The summed E-state index contributed by atoms with van der Waals surface area (Å²) in [5.41, 5.74) is 7.77. The van der Waals surface area contributed by atoms with Gasteiger partial charge >= 0.3 is 6.18 Å². The number of methoxy groups -OCH3 is 1. The molecule has 0 heterocycles. The molecule has 0 radical (unpaired) electrons. The lowest BCUT2D eigenvalue weighted by Crippen LogP contribution is -2.33. The van der Waals surface area contributed by atoms with Crippen LogP contribution in [0.1, 0.15) is 11.1 Å². The Morgan fingerprint density at radius 2 is 1.81 bits per heavy atom. The Morgan fingerprint density at radius 3 is 2.48 bits per heavy atom. The van der Waals surface area contributed by atoms with Crippen LogP contribution in [0.2, 0.25) is 0 Å². The lowest BCUT2D eigenvalue weighted by molar-refractivity contribution is -0.153. The third-order valence-electron chi connectivity index (χ3n) is 3.61. The summed E-state index contributed by atoms with van der Waals surface area (Å²) >= 11 is 0. The van der Waals surface area contributed by atoms with Gasteiger partial charge in [0.15, 0.2) is 24.1 Å². The molecular formula is C19H22F3N3O2. The zero-order valence-electron chi connectivity index (χ0n) is 14.9. The van der Waals surface area contributed by atoms with Crippen LogP contribution in [0.5, 0.6) is 11.5 Å². The molecule has 0 unspecified atom stereocenters. The third-order valence-corrected chi connectivity index (χ3v) is 3.61. The maximum absolute atomic E-state index is 12.3. The highest BCUT2D eigenvalue weighted by atomic mass is 19.4. The lowest BCUT2D eigenvalue weighted by Gasteiger charge is -2.13.